The second-order valence-corrected chi connectivity index (χ2v) is 8.15. The molecule has 1 saturated heterocycles. The number of rotatable bonds is 7. The van der Waals surface area contributed by atoms with Crippen molar-refractivity contribution in [2.24, 2.45) is 4.99 Å². The molecule has 2 N–H and O–H groups in total. The first-order valence-corrected chi connectivity index (χ1v) is 10.6. The average Bonchev–Trinajstić information content (AvgIpc) is 3.23. The molecule has 3 rings (SSSR count). The SMILES string of the molecule is C=CCN1CCC(NC(=NC)NCC2(c3cccc(OC)c3)CCCC2)CC1. The van der Waals surface area contributed by atoms with Crippen LogP contribution in [0.15, 0.2) is 41.9 Å². The monoisotopic (exact) mass is 384 g/mol. The molecule has 0 amide bonds. The van der Waals surface area contributed by atoms with Crippen molar-refractivity contribution in [3.8, 4) is 5.75 Å². The quantitative estimate of drug-likeness (QED) is 0.430. The Labute approximate surface area is 170 Å². The molecule has 5 heteroatoms. The van der Waals surface area contributed by atoms with Crippen molar-refractivity contribution in [3.05, 3.63) is 42.5 Å². The topological polar surface area (TPSA) is 48.9 Å². The Morgan fingerprint density at radius 2 is 2.07 bits per heavy atom. The van der Waals surface area contributed by atoms with Crippen LogP contribution in [0.25, 0.3) is 0 Å². The minimum atomic E-state index is 0.166. The van der Waals surface area contributed by atoms with Crippen molar-refractivity contribution in [2.75, 3.05) is 40.3 Å². The van der Waals surface area contributed by atoms with Crippen molar-refractivity contribution in [2.45, 2.75) is 50.0 Å². The maximum absolute atomic E-state index is 5.47. The third kappa shape index (κ3) is 5.07. The molecule has 154 valence electrons. The summed E-state index contributed by atoms with van der Waals surface area (Å²) in [4.78, 5) is 6.95. The molecule has 1 aromatic rings. The molecule has 2 aliphatic rings. The van der Waals surface area contributed by atoms with Crippen LogP contribution in [0.1, 0.15) is 44.1 Å². The van der Waals surface area contributed by atoms with Crippen molar-refractivity contribution in [1.29, 1.82) is 0 Å². The number of guanidine groups is 1. The van der Waals surface area contributed by atoms with E-state index in [0.717, 1.165) is 50.7 Å². The fraction of sp³-hybridized carbons (Fsp3) is 0.609. The summed E-state index contributed by atoms with van der Waals surface area (Å²) in [5.41, 5.74) is 1.55. The molecule has 2 fully saturated rings. The molecule has 1 aliphatic heterocycles. The van der Waals surface area contributed by atoms with Crippen LogP contribution in [-0.2, 0) is 5.41 Å². The highest BCUT2D eigenvalue weighted by Crippen LogP contribution is 2.41. The Morgan fingerprint density at radius 3 is 2.71 bits per heavy atom. The number of hydrogen-bond donors (Lipinski definition) is 2. The lowest BCUT2D eigenvalue weighted by Gasteiger charge is -2.34. The summed E-state index contributed by atoms with van der Waals surface area (Å²) in [6, 6.07) is 9.08. The van der Waals surface area contributed by atoms with E-state index < -0.39 is 0 Å². The van der Waals surface area contributed by atoms with E-state index in [-0.39, 0.29) is 5.41 Å². The summed E-state index contributed by atoms with van der Waals surface area (Å²) in [5, 5.41) is 7.29. The van der Waals surface area contributed by atoms with Crippen molar-refractivity contribution < 1.29 is 4.74 Å². The molecule has 1 saturated carbocycles. The lowest BCUT2D eigenvalue weighted by molar-refractivity contribution is 0.225. The van der Waals surface area contributed by atoms with E-state index in [1.807, 2.05) is 19.2 Å². The largest absolute Gasteiger partial charge is 0.497 e. The van der Waals surface area contributed by atoms with Crippen LogP contribution in [0, 0.1) is 0 Å². The maximum Gasteiger partial charge on any atom is 0.191 e. The third-order valence-corrected chi connectivity index (χ3v) is 6.38. The van der Waals surface area contributed by atoms with Gasteiger partial charge in [0.2, 0.25) is 0 Å². The highest BCUT2D eigenvalue weighted by molar-refractivity contribution is 5.80. The van der Waals surface area contributed by atoms with Gasteiger partial charge in [-0.1, -0.05) is 31.1 Å². The van der Waals surface area contributed by atoms with Gasteiger partial charge in [0.25, 0.3) is 0 Å². The predicted octanol–water partition coefficient (Wildman–Crippen LogP) is 3.32. The van der Waals surface area contributed by atoms with Gasteiger partial charge in [-0.25, -0.2) is 0 Å². The van der Waals surface area contributed by atoms with Gasteiger partial charge in [0.15, 0.2) is 5.96 Å². The van der Waals surface area contributed by atoms with E-state index >= 15 is 0 Å². The Balaban J connectivity index is 1.59. The second kappa shape index (κ2) is 9.97. The van der Waals surface area contributed by atoms with Gasteiger partial charge < -0.3 is 15.4 Å². The van der Waals surface area contributed by atoms with E-state index in [2.05, 4.69) is 45.3 Å². The first kappa shape index (κ1) is 20.7. The molecule has 0 spiro atoms. The van der Waals surface area contributed by atoms with E-state index in [1.165, 1.54) is 31.2 Å². The van der Waals surface area contributed by atoms with Crippen molar-refractivity contribution in [1.82, 2.24) is 15.5 Å². The number of aliphatic imine (C=N–C) groups is 1. The van der Waals surface area contributed by atoms with Gasteiger partial charge in [0.05, 0.1) is 7.11 Å². The molecular weight excluding hydrogens is 348 g/mol. The third-order valence-electron chi connectivity index (χ3n) is 6.38. The van der Waals surface area contributed by atoms with Crippen LogP contribution >= 0.6 is 0 Å². The summed E-state index contributed by atoms with van der Waals surface area (Å²) in [6.45, 7) is 7.99. The molecule has 1 heterocycles. The molecule has 5 nitrogen and oxygen atoms in total. The number of ether oxygens (including phenoxy) is 1. The molecule has 1 aromatic carbocycles. The molecule has 0 unspecified atom stereocenters. The van der Waals surface area contributed by atoms with E-state index in [1.54, 1.807) is 7.11 Å². The Bertz CT molecular complexity index is 658. The predicted molar refractivity (Wildman–Crippen MR) is 117 cm³/mol. The van der Waals surface area contributed by atoms with Crippen LogP contribution in [0.2, 0.25) is 0 Å². The number of piperidine rings is 1. The van der Waals surface area contributed by atoms with Gasteiger partial charge in [-0.3, -0.25) is 9.89 Å². The van der Waals surface area contributed by atoms with Crippen LogP contribution in [0.5, 0.6) is 5.75 Å². The van der Waals surface area contributed by atoms with Gasteiger partial charge in [-0.2, -0.15) is 0 Å². The Morgan fingerprint density at radius 1 is 1.32 bits per heavy atom. The van der Waals surface area contributed by atoms with Crippen molar-refractivity contribution in [3.63, 3.8) is 0 Å². The lowest BCUT2D eigenvalue weighted by atomic mass is 9.78. The standard InChI is InChI=1S/C23H36N4O/c1-4-14-27-15-10-20(11-16-27)26-22(24-2)25-18-23(12-5-6-13-23)19-8-7-9-21(17-19)28-3/h4,7-9,17,20H,1,5-6,10-16,18H2,2-3H3,(H2,24,25,26). The van der Waals surface area contributed by atoms with Gasteiger partial charge in [-0.05, 0) is 43.4 Å². The average molecular weight is 385 g/mol. The number of benzene rings is 1. The smallest absolute Gasteiger partial charge is 0.191 e. The highest BCUT2D eigenvalue weighted by Gasteiger charge is 2.36. The maximum atomic E-state index is 5.47. The number of methoxy groups -OCH3 is 1. The van der Waals surface area contributed by atoms with Crippen LogP contribution in [0.3, 0.4) is 0 Å². The number of nitrogens with zero attached hydrogens (tertiary/aromatic N) is 2. The van der Waals surface area contributed by atoms with Gasteiger partial charge in [0.1, 0.15) is 5.75 Å². The zero-order chi connectivity index (χ0) is 19.8. The van der Waals surface area contributed by atoms with E-state index in [9.17, 15) is 0 Å². The van der Waals surface area contributed by atoms with E-state index in [4.69, 9.17) is 4.74 Å². The number of nitrogens with one attached hydrogen (secondary N) is 2. The number of hydrogen-bond acceptors (Lipinski definition) is 3. The summed E-state index contributed by atoms with van der Waals surface area (Å²) in [7, 11) is 3.61. The van der Waals surface area contributed by atoms with E-state index in [0.29, 0.717) is 6.04 Å². The fourth-order valence-electron chi connectivity index (χ4n) is 4.66. The number of likely N-dealkylation sites (tertiary alicyclic amines) is 1. The summed E-state index contributed by atoms with van der Waals surface area (Å²) in [6.07, 6.45) is 9.28. The molecule has 28 heavy (non-hydrogen) atoms. The molecule has 0 radical (unpaired) electrons. The Hall–Kier alpha value is -2.01. The van der Waals surface area contributed by atoms with Crippen molar-refractivity contribution >= 4 is 5.96 Å². The van der Waals surface area contributed by atoms with Gasteiger partial charge in [0, 0.05) is 44.7 Å². The second-order valence-electron chi connectivity index (χ2n) is 8.15. The molecule has 0 atom stereocenters. The molecular formula is C23H36N4O. The molecule has 0 aromatic heterocycles. The first-order valence-electron chi connectivity index (χ1n) is 10.6. The Kier molecular flexibility index (Phi) is 7.37. The van der Waals surface area contributed by atoms with Gasteiger partial charge in [-0.15, -0.1) is 6.58 Å². The zero-order valence-electron chi connectivity index (χ0n) is 17.5. The summed E-state index contributed by atoms with van der Waals surface area (Å²) < 4.78 is 5.47. The first-order chi connectivity index (χ1) is 13.7. The molecule has 0 bridgehead atoms. The fourth-order valence-corrected chi connectivity index (χ4v) is 4.66. The highest BCUT2D eigenvalue weighted by atomic mass is 16.5. The van der Waals surface area contributed by atoms with Crippen LogP contribution in [0.4, 0.5) is 0 Å². The lowest BCUT2D eigenvalue weighted by Crippen LogP contribution is -2.51. The molecule has 1 aliphatic carbocycles. The zero-order valence-corrected chi connectivity index (χ0v) is 17.5. The normalized spacial score (nSPS) is 20.7. The van der Waals surface area contributed by atoms with Crippen LogP contribution in [-0.4, -0.2) is 57.2 Å². The van der Waals surface area contributed by atoms with Crippen LogP contribution < -0.4 is 15.4 Å². The minimum Gasteiger partial charge on any atom is -0.497 e. The van der Waals surface area contributed by atoms with Gasteiger partial charge >= 0.3 is 0 Å². The minimum absolute atomic E-state index is 0.166. The summed E-state index contributed by atoms with van der Waals surface area (Å²) in [5.74, 6) is 1.87. The summed E-state index contributed by atoms with van der Waals surface area (Å²) >= 11 is 0.